The summed E-state index contributed by atoms with van der Waals surface area (Å²) in [7, 11) is 0. The Morgan fingerprint density at radius 2 is 2.00 bits per heavy atom. The summed E-state index contributed by atoms with van der Waals surface area (Å²) in [6.07, 6.45) is 4.86. The summed E-state index contributed by atoms with van der Waals surface area (Å²) in [5.74, 6) is 0.725. The van der Waals surface area contributed by atoms with Gasteiger partial charge in [0.05, 0.1) is 6.10 Å². The molecule has 0 saturated carbocycles. The Kier molecular flexibility index (Phi) is 8.65. The lowest BCUT2D eigenvalue weighted by Gasteiger charge is -2.11. The maximum atomic E-state index is 12.0. The van der Waals surface area contributed by atoms with Crippen molar-refractivity contribution in [3.63, 3.8) is 0 Å². The number of amides is 1. The van der Waals surface area contributed by atoms with Crippen LogP contribution < -0.4 is 10.1 Å². The number of carbonyl (C=O) groups is 1. The maximum Gasteiger partial charge on any atom is 0.251 e. The van der Waals surface area contributed by atoms with Gasteiger partial charge in [0.15, 0.2) is 0 Å². The molecule has 0 unspecified atom stereocenters. The molecular weight excluding hydrogens is 365 g/mol. The van der Waals surface area contributed by atoms with Crippen molar-refractivity contribution in [2.45, 2.75) is 45.6 Å². The zero-order valence-electron chi connectivity index (χ0n) is 12.3. The quantitative estimate of drug-likeness (QED) is 0.391. The number of hydrogen-bond acceptors (Lipinski definition) is 2. The number of hydrogen-bond donors (Lipinski definition) is 1. The van der Waals surface area contributed by atoms with E-state index in [0.29, 0.717) is 5.56 Å². The molecule has 0 heterocycles. The highest BCUT2D eigenvalue weighted by molar-refractivity contribution is 14.1. The summed E-state index contributed by atoms with van der Waals surface area (Å²) in [4.78, 5) is 12.0. The van der Waals surface area contributed by atoms with Crippen molar-refractivity contribution in [3.05, 3.63) is 29.8 Å². The van der Waals surface area contributed by atoms with Crippen LogP contribution in [0, 0.1) is 0 Å². The molecule has 4 heteroatoms. The number of carbonyl (C=O) groups excluding carboxylic acids is 1. The van der Waals surface area contributed by atoms with E-state index in [0.717, 1.165) is 18.7 Å². The van der Waals surface area contributed by atoms with E-state index in [2.05, 4.69) is 27.9 Å². The highest BCUT2D eigenvalue weighted by Gasteiger charge is 2.06. The molecule has 0 fully saturated rings. The fourth-order valence-corrected chi connectivity index (χ4v) is 2.40. The summed E-state index contributed by atoms with van der Waals surface area (Å²) in [5, 5.41) is 2.96. The van der Waals surface area contributed by atoms with Crippen LogP contribution in [0.4, 0.5) is 0 Å². The second-order valence-corrected chi connectivity index (χ2v) is 6.13. The van der Waals surface area contributed by atoms with Crippen molar-refractivity contribution in [3.8, 4) is 5.75 Å². The average molecular weight is 389 g/mol. The monoisotopic (exact) mass is 389 g/mol. The van der Waals surface area contributed by atoms with Crippen molar-refractivity contribution in [2.75, 3.05) is 11.0 Å². The van der Waals surface area contributed by atoms with Crippen LogP contribution in [0.5, 0.6) is 5.75 Å². The van der Waals surface area contributed by atoms with Crippen molar-refractivity contribution in [1.29, 1.82) is 0 Å². The van der Waals surface area contributed by atoms with Gasteiger partial charge in [-0.05, 0) is 49.3 Å². The predicted molar refractivity (Wildman–Crippen MR) is 91.9 cm³/mol. The van der Waals surface area contributed by atoms with Crippen LogP contribution in [0.25, 0.3) is 0 Å². The zero-order valence-corrected chi connectivity index (χ0v) is 14.5. The molecule has 0 aliphatic carbocycles. The van der Waals surface area contributed by atoms with Crippen LogP contribution in [0.15, 0.2) is 24.3 Å². The number of ether oxygens (including phenoxy) is 1. The van der Waals surface area contributed by atoms with Gasteiger partial charge in [0.2, 0.25) is 0 Å². The standard InChI is InChI=1S/C16H24INO2/c1-13(2)20-15-9-7-8-14(12-15)16(19)18-11-6-4-3-5-10-17/h7-9,12-13H,3-6,10-11H2,1-2H3,(H,18,19). The van der Waals surface area contributed by atoms with Crippen LogP contribution in [0.2, 0.25) is 0 Å². The summed E-state index contributed by atoms with van der Waals surface area (Å²) in [6, 6.07) is 7.35. The molecule has 1 amide bonds. The van der Waals surface area contributed by atoms with Gasteiger partial charge in [-0.2, -0.15) is 0 Å². The molecule has 0 spiro atoms. The smallest absolute Gasteiger partial charge is 0.251 e. The van der Waals surface area contributed by atoms with Crippen molar-refractivity contribution in [1.82, 2.24) is 5.32 Å². The Morgan fingerprint density at radius 3 is 2.70 bits per heavy atom. The lowest BCUT2D eigenvalue weighted by molar-refractivity contribution is 0.0952. The van der Waals surface area contributed by atoms with Crippen LogP contribution in [-0.4, -0.2) is 23.0 Å². The third-order valence-electron chi connectivity index (χ3n) is 2.81. The number of halogens is 1. The molecule has 3 nitrogen and oxygen atoms in total. The minimum Gasteiger partial charge on any atom is -0.491 e. The predicted octanol–water partition coefficient (Wildman–Crippen LogP) is 4.20. The number of benzene rings is 1. The Morgan fingerprint density at radius 1 is 1.25 bits per heavy atom. The molecule has 1 rings (SSSR count). The highest BCUT2D eigenvalue weighted by atomic mass is 127. The van der Waals surface area contributed by atoms with E-state index in [4.69, 9.17) is 4.74 Å². The summed E-state index contributed by atoms with van der Waals surface area (Å²) >= 11 is 2.40. The van der Waals surface area contributed by atoms with Gasteiger partial charge in [0.1, 0.15) is 5.75 Å². The normalized spacial score (nSPS) is 10.6. The molecule has 112 valence electrons. The molecule has 0 aliphatic rings. The van der Waals surface area contributed by atoms with Gasteiger partial charge < -0.3 is 10.1 Å². The number of rotatable bonds is 9. The van der Waals surface area contributed by atoms with E-state index < -0.39 is 0 Å². The first-order valence-electron chi connectivity index (χ1n) is 7.24. The Balaban J connectivity index is 2.35. The molecule has 1 aromatic carbocycles. The first kappa shape index (κ1) is 17.3. The fraction of sp³-hybridized carbons (Fsp3) is 0.562. The third kappa shape index (κ3) is 7.12. The molecule has 0 aromatic heterocycles. The van der Waals surface area contributed by atoms with E-state index in [1.165, 1.54) is 23.7 Å². The first-order chi connectivity index (χ1) is 9.63. The number of alkyl halides is 1. The van der Waals surface area contributed by atoms with Gasteiger partial charge in [-0.25, -0.2) is 0 Å². The second kappa shape index (κ2) is 10.0. The largest absolute Gasteiger partial charge is 0.491 e. The molecule has 0 aliphatic heterocycles. The Labute approximate surface area is 135 Å². The molecule has 20 heavy (non-hydrogen) atoms. The second-order valence-electron chi connectivity index (χ2n) is 5.05. The molecule has 0 saturated heterocycles. The molecule has 1 N–H and O–H groups in total. The first-order valence-corrected chi connectivity index (χ1v) is 8.77. The van der Waals surface area contributed by atoms with Gasteiger partial charge in [-0.15, -0.1) is 0 Å². The summed E-state index contributed by atoms with van der Waals surface area (Å²) in [5.41, 5.74) is 0.662. The number of nitrogens with one attached hydrogen (secondary N) is 1. The molecular formula is C16H24INO2. The van der Waals surface area contributed by atoms with E-state index in [9.17, 15) is 4.79 Å². The van der Waals surface area contributed by atoms with E-state index in [1.54, 1.807) is 6.07 Å². The fourth-order valence-electron chi connectivity index (χ4n) is 1.86. The third-order valence-corrected chi connectivity index (χ3v) is 3.58. The Hall–Kier alpha value is -0.780. The van der Waals surface area contributed by atoms with Gasteiger partial charge in [-0.3, -0.25) is 4.79 Å². The Bertz CT molecular complexity index is 407. The van der Waals surface area contributed by atoms with E-state index in [1.807, 2.05) is 32.0 Å². The SMILES string of the molecule is CC(C)Oc1cccc(C(=O)NCCCCCCI)c1. The van der Waals surface area contributed by atoms with Crippen LogP contribution in [0.1, 0.15) is 49.9 Å². The van der Waals surface area contributed by atoms with Crippen molar-refractivity contribution < 1.29 is 9.53 Å². The minimum absolute atomic E-state index is 0.0203. The minimum atomic E-state index is -0.0203. The van der Waals surface area contributed by atoms with E-state index in [-0.39, 0.29) is 12.0 Å². The van der Waals surface area contributed by atoms with Crippen molar-refractivity contribution >= 4 is 28.5 Å². The highest BCUT2D eigenvalue weighted by Crippen LogP contribution is 2.14. The lowest BCUT2D eigenvalue weighted by Crippen LogP contribution is -2.24. The summed E-state index contributed by atoms with van der Waals surface area (Å²) < 4.78 is 6.81. The van der Waals surface area contributed by atoms with Crippen LogP contribution in [0.3, 0.4) is 0 Å². The summed E-state index contributed by atoms with van der Waals surface area (Å²) in [6.45, 7) is 4.69. The van der Waals surface area contributed by atoms with Gasteiger partial charge >= 0.3 is 0 Å². The average Bonchev–Trinajstić information content (AvgIpc) is 2.42. The topological polar surface area (TPSA) is 38.3 Å². The van der Waals surface area contributed by atoms with E-state index >= 15 is 0 Å². The van der Waals surface area contributed by atoms with Gasteiger partial charge in [0, 0.05) is 12.1 Å². The van der Waals surface area contributed by atoms with Crippen LogP contribution >= 0.6 is 22.6 Å². The van der Waals surface area contributed by atoms with Crippen molar-refractivity contribution in [2.24, 2.45) is 0 Å². The molecule has 0 bridgehead atoms. The van der Waals surface area contributed by atoms with Gasteiger partial charge in [0.25, 0.3) is 5.91 Å². The number of unbranched alkanes of at least 4 members (excludes halogenated alkanes) is 3. The molecule has 0 atom stereocenters. The molecule has 0 radical (unpaired) electrons. The zero-order chi connectivity index (χ0) is 14.8. The molecule has 1 aromatic rings. The van der Waals surface area contributed by atoms with Crippen LogP contribution in [-0.2, 0) is 0 Å². The maximum absolute atomic E-state index is 12.0. The van der Waals surface area contributed by atoms with Gasteiger partial charge in [-0.1, -0.05) is 41.5 Å². The lowest BCUT2D eigenvalue weighted by atomic mass is 10.2.